The molecule has 0 aromatic heterocycles. The summed E-state index contributed by atoms with van der Waals surface area (Å²) in [5, 5.41) is 24.0. The van der Waals surface area contributed by atoms with Crippen LogP contribution in [-0.4, -0.2) is 82.0 Å². The number of carboxylic acid groups (broad SMARTS) is 1. The molecule has 1 aliphatic heterocycles. The number of hydrogen-bond donors (Lipinski definition) is 7. The lowest BCUT2D eigenvalue weighted by Crippen LogP contribution is -2.57. The van der Waals surface area contributed by atoms with Crippen LogP contribution in [0.15, 0.2) is 24.3 Å². The van der Waals surface area contributed by atoms with Crippen LogP contribution in [0.1, 0.15) is 44.1 Å². The van der Waals surface area contributed by atoms with Gasteiger partial charge in [0.05, 0.1) is 12.5 Å². The maximum Gasteiger partial charge on any atom is 0.326 e. The third-order valence-electron chi connectivity index (χ3n) is 6.16. The minimum atomic E-state index is -1.31. The number of aliphatic carboxylic acids is 1. The van der Waals surface area contributed by atoms with Crippen LogP contribution in [0.4, 0.5) is 0 Å². The molecule has 0 aliphatic carbocycles. The van der Waals surface area contributed by atoms with Gasteiger partial charge in [0.2, 0.25) is 23.6 Å². The summed E-state index contributed by atoms with van der Waals surface area (Å²) in [6.45, 7) is 0.632. The molecule has 1 heterocycles. The molecular weight excluding hydrogens is 484 g/mol. The molecular formula is C24H36N6O7. The number of likely N-dealkylation sites (tertiary alicyclic amines) is 1. The highest BCUT2D eigenvalue weighted by atomic mass is 16.4. The molecule has 2 rings (SSSR count). The first-order valence-electron chi connectivity index (χ1n) is 12.2. The third kappa shape index (κ3) is 9.03. The highest BCUT2D eigenvalue weighted by molar-refractivity contribution is 5.96. The summed E-state index contributed by atoms with van der Waals surface area (Å²) in [6.07, 6.45) is 1.86. The number of aromatic hydroxyl groups is 1. The van der Waals surface area contributed by atoms with Gasteiger partial charge in [-0.05, 0) is 49.9 Å². The summed E-state index contributed by atoms with van der Waals surface area (Å²) in [4.78, 5) is 63.5. The van der Waals surface area contributed by atoms with Crippen molar-refractivity contribution in [2.24, 2.45) is 17.2 Å². The van der Waals surface area contributed by atoms with Crippen LogP contribution in [0.5, 0.6) is 5.75 Å². The average Bonchev–Trinajstić information content (AvgIpc) is 3.34. The predicted octanol–water partition coefficient (Wildman–Crippen LogP) is -1.69. The first-order chi connectivity index (χ1) is 17.5. The van der Waals surface area contributed by atoms with E-state index in [1.807, 2.05) is 0 Å². The summed E-state index contributed by atoms with van der Waals surface area (Å²) < 4.78 is 0. The number of benzene rings is 1. The lowest BCUT2D eigenvalue weighted by atomic mass is 10.0. The van der Waals surface area contributed by atoms with Crippen molar-refractivity contribution >= 4 is 29.6 Å². The first kappa shape index (κ1) is 29.5. The van der Waals surface area contributed by atoms with E-state index < -0.39 is 60.2 Å². The highest BCUT2D eigenvalue weighted by Crippen LogP contribution is 2.20. The fourth-order valence-electron chi connectivity index (χ4n) is 4.16. The summed E-state index contributed by atoms with van der Waals surface area (Å²) in [5.41, 5.74) is 17.2. The Labute approximate surface area is 214 Å². The van der Waals surface area contributed by atoms with Crippen LogP contribution in [0.2, 0.25) is 0 Å². The van der Waals surface area contributed by atoms with E-state index in [2.05, 4.69) is 10.6 Å². The lowest BCUT2D eigenvalue weighted by Gasteiger charge is -2.29. The zero-order valence-corrected chi connectivity index (χ0v) is 20.6. The number of nitrogens with two attached hydrogens (primary N) is 3. The number of primary amides is 1. The van der Waals surface area contributed by atoms with Crippen LogP contribution in [-0.2, 0) is 30.4 Å². The second kappa shape index (κ2) is 14.1. The Balaban J connectivity index is 2.09. The SMILES string of the molecule is NCCCC[C@H](N)C(=O)N[C@@H](CC(N)=O)C(=O)N1CCC[C@H]1C(=O)N[C@@H](Cc1ccc(O)cc1)C(=O)O. The molecule has 13 heteroatoms. The Bertz CT molecular complexity index is 971. The Hall–Kier alpha value is -3.71. The summed E-state index contributed by atoms with van der Waals surface area (Å²) >= 11 is 0. The van der Waals surface area contributed by atoms with Crippen molar-refractivity contribution in [1.82, 2.24) is 15.5 Å². The van der Waals surface area contributed by atoms with Gasteiger partial charge in [-0.3, -0.25) is 19.2 Å². The molecule has 1 fully saturated rings. The summed E-state index contributed by atoms with van der Waals surface area (Å²) in [6, 6.07) is 1.41. The number of phenols is 1. The normalized spacial score (nSPS) is 17.5. The zero-order chi connectivity index (χ0) is 27.5. The minimum Gasteiger partial charge on any atom is -0.508 e. The largest absolute Gasteiger partial charge is 0.508 e. The quantitative estimate of drug-likeness (QED) is 0.138. The highest BCUT2D eigenvalue weighted by Gasteiger charge is 2.39. The van der Waals surface area contributed by atoms with Crippen molar-refractivity contribution in [3.8, 4) is 5.75 Å². The fourth-order valence-corrected chi connectivity index (χ4v) is 4.16. The molecule has 13 nitrogen and oxygen atoms in total. The smallest absolute Gasteiger partial charge is 0.326 e. The second-order valence-electron chi connectivity index (χ2n) is 9.08. The van der Waals surface area contributed by atoms with Crippen LogP contribution >= 0.6 is 0 Å². The van der Waals surface area contributed by atoms with E-state index in [-0.39, 0.29) is 25.1 Å². The molecule has 4 amide bonds. The number of nitrogens with one attached hydrogen (secondary N) is 2. The van der Waals surface area contributed by atoms with E-state index in [4.69, 9.17) is 17.2 Å². The molecule has 0 radical (unpaired) electrons. The summed E-state index contributed by atoms with van der Waals surface area (Å²) in [7, 11) is 0. The molecule has 0 saturated carbocycles. The van der Waals surface area contributed by atoms with Crippen molar-refractivity contribution in [3.05, 3.63) is 29.8 Å². The van der Waals surface area contributed by atoms with Gasteiger partial charge in [-0.15, -0.1) is 0 Å². The summed E-state index contributed by atoms with van der Waals surface area (Å²) in [5.74, 6) is -4.04. The minimum absolute atomic E-state index is 0.0221. The van der Waals surface area contributed by atoms with E-state index >= 15 is 0 Å². The molecule has 37 heavy (non-hydrogen) atoms. The molecule has 0 unspecified atom stereocenters. The number of nitrogens with zero attached hydrogens (tertiary/aromatic N) is 1. The Morgan fingerprint density at radius 3 is 2.32 bits per heavy atom. The van der Waals surface area contributed by atoms with Crippen molar-refractivity contribution in [2.45, 2.75) is 69.1 Å². The molecule has 0 spiro atoms. The Kier molecular flexibility index (Phi) is 11.3. The van der Waals surface area contributed by atoms with E-state index in [9.17, 15) is 34.2 Å². The van der Waals surface area contributed by atoms with E-state index in [0.717, 1.165) is 0 Å². The van der Waals surface area contributed by atoms with Gasteiger partial charge in [-0.25, -0.2) is 4.79 Å². The van der Waals surface area contributed by atoms with Crippen molar-refractivity contribution in [3.63, 3.8) is 0 Å². The van der Waals surface area contributed by atoms with Crippen molar-refractivity contribution < 1.29 is 34.2 Å². The standard InChI is InChI=1S/C24H36N6O7/c25-10-2-1-4-16(26)21(33)28-17(13-20(27)32)23(35)30-11-3-5-19(30)22(34)29-18(24(36)37)12-14-6-8-15(31)9-7-14/h6-9,16-19,31H,1-5,10-13,25-26H2,(H2,27,32)(H,28,33)(H,29,34)(H,36,37)/t16-,17-,18-,19-/m0/s1. The Morgan fingerprint density at radius 2 is 1.73 bits per heavy atom. The van der Waals surface area contributed by atoms with E-state index in [1.54, 1.807) is 12.1 Å². The van der Waals surface area contributed by atoms with Gasteiger partial charge in [0.15, 0.2) is 0 Å². The van der Waals surface area contributed by atoms with Crippen LogP contribution in [0.3, 0.4) is 0 Å². The third-order valence-corrected chi connectivity index (χ3v) is 6.16. The topological polar surface area (TPSA) is 231 Å². The maximum atomic E-state index is 13.3. The van der Waals surface area contributed by atoms with Gasteiger partial charge < -0.3 is 42.9 Å². The number of unbranched alkanes of at least 4 members (excludes halogenated alkanes) is 1. The van der Waals surface area contributed by atoms with Gasteiger partial charge in [0, 0.05) is 13.0 Å². The second-order valence-corrected chi connectivity index (χ2v) is 9.08. The number of hydrogen-bond acceptors (Lipinski definition) is 8. The molecule has 204 valence electrons. The average molecular weight is 521 g/mol. The molecule has 1 aliphatic rings. The molecule has 0 bridgehead atoms. The fraction of sp³-hybridized carbons (Fsp3) is 0.542. The number of carbonyl (C=O) groups excluding carboxylic acids is 4. The van der Waals surface area contributed by atoms with Gasteiger partial charge >= 0.3 is 5.97 Å². The van der Waals surface area contributed by atoms with Crippen molar-refractivity contribution in [2.75, 3.05) is 13.1 Å². The van der Waals surface area contributed by atoms with Gasteiger partial charge in [-0.2, -0.15) is 0 Å². The van der Waals surface area contributed by atoms with Gasteiger partial charge in [0.25, 0.3) is 0 Å². The van der Waals surface area contributed by atoms with Crippen molar-refractivity contribution in [1.29, 1.82) is 0 Å². The first-order valence-corrected chi connectivity index (χ1v) is 12.2. The van der Waals surface area contributed by atoms with E-state index in [1.165, 1.54) is 17.0 Å². The number of amides is 4. The van der Waals surface area contributed by atoms with Gasteiger partial charge in [-0.1, -0.05) is 18.6 Å². The molecule has 1 aromatic carbocycles. The molecule has 4 atom stereocenters. The predicted molar refractivity (Wildman–Crippen MR) is 133 cm³/mol. The monoisotopic (exact) mass is 520 g/mol. The van der Waals surface area contributed by atoms with Gasteiger partial charge in [0.1, 0.15) is 23.9 Å². The zero-order valence-electron chi connectivity index (χ0n) is 20.6. The number of carboxylic acids is 1. The van der Waals surface area contributed by atoms with E-state index in [0.29, 0.717) is 37.8 Å². The number of rotatable bonds is 14. The lowest BCUT2D eigenvalue weighted by molar-refractivity contribution is -0.145. The van der Waals surface area contributed by atoms with Crippen LogP contribution < -0.4 is 27.8 Å². The van der Waals surface area contributed by atoms with Crippen LogP contribution in [0.25, 0.3) is 0 Å². The van der Waals surface area contributed by atoms with Crippen LogP contribution in [0, 0.1) is 0 Å². The molecule has 1 aromatic rings. The number of carbonyl (C=O) groups is 5. The maximum absolute atomic E-state index is 13.3. The number of phenolic OH excluding ortho intramolecular Hbond substituents is 1. The Morgan fingerprint density at radius 1 is 1.05 bits per heavy atom. The molecule has 10 N–H and O–H groups in total. The molecule has 1 saturated heterocycles.